The van der Waals surface area contributed by atoms with Crippen LogP contribution in [0.4, 0.5) is 5.82 Å². The number of piperazine rings is 1. The molecule has 0 aliphatic carbocycles. The molecule has 0 radical (unpaired) electrons. The summed E-state index contributed by atoms with van der Waals surface area (Å²) >= 11 is 0. The number of anilines is 1. The molecule has 2 N–H and O–H groups in total. The van der Waals surface area contributed by atoms with Gasteiger partial charge in [-0.15, -0.1) is 0 Å². The Morgan fingerprint density at radius 3 is 2.89 bits per heavy atom. The third-order valence-corrected chi connectivity index (χ3v) is 5.57. The summed E-state index contributed by atoms with van der Waals surface area (Å²) in [6.45, 7) is 2.07. The molecule has 2 aliphatic heterocycles. The lowest BCUT2D eigenvalue weighted by Gasteiger charge is -2.56. The summed E-state index contributed by atoms with van der Waals surface area (Å²) in [6.07, 6.45) is 5.59. The number of aromatic amines is 1. The number of nitrogens with zero attached hydrogens (tertiary/aromatic N) is 6. The van der Waals surface area contributed by atoms with Gasteiger partial charge in [0.15, 0.2) is 0 Å². The first-order valence-corrected chi connectivity index (χ1v) is 9.07. The Morgan fingerprint density at radius 1 is 1.19 bits per heavy atom. The second-order valence-electron chi connectivity index (χ2n) is 7.21. The van der Waals surface area contributed by atoms with Crippen molar-refractivity contribution in [1.82, 2.24) is 35.3 Å². The lowest BCUT2D eigenvalue weighted by Crippen LogP contribution is -2.78. The van der Waals surface area contributed by atoms with Crippen molar-refractivity contribution in [3.05, 3.63) is 42.9 Å². The number of hydrogen-bond donors (Lipinski definition) is 2. The summed E-state index contributed by atoms with van der Waals surface area (Å²) in [5.74, 6) is 1.02. The number of aryl methyl sites for hydroxylation is 1. The van der Waals surface area contributed by atoms with Gasteiger partial charge in [0, 0.05) is 43.3 Å². The van der Waals surface area contributed by atoms with Gasteiger partial charge in [0.2, 0.25) is 0 Å². The van der Waals surface area contributed by atoms with Gasteiger partial charge in [0.05, 0.1) is 35.3 Å². The maximum atomic E-state index is 4.89. The van der Waals surface area contributed by atoms with Crippen LogP contribution in [0, 0.1) is 0 Å². The molecule has 8 nitrogen and oxygen atoms in total. The first kappa shape index (κ1) is 14.9. The van der Waals surface area contributed by atoms with Crippen LogP contribution in [-0.2, 0) is 7.05 Å². The molecule has 4 aromatic heterocycles. The van der Waals surface area contributed by atoms with Crippen molar-refractivity contribution in [3.63, 3.8) is 0 Å². The highest BCUT2D eigenvalue weighted by atomic mass is 15.4. The van der Waals surface area contributed by atoms with Crippen LogP contribution in [0.1, 0.15) is 0 Å². The predicted molar refractivity (Wildman–Crippen MR) is 102 cm³/mol. The number of fused-ring (bicyclic) bond motifs is 2. The highest BCUT2D eigenvalue weighted by Crippen LogP contribution is 2.33. The zero-order valence-electron chi connectivity index (χ0n) is 14.8. The first-order chi connectivity index (χ1) is 13.3. The zero-order valence-corrected chi connectivity index (χ0v) is 14.8. The first-order valence-electron chi connectivity index (χ1n) is 9.07. The minimum Gasteiger partial charge on any atom is -0.349 e. The fraction of sp³-hybridized carbons (Fsp3) is 0.263. The Bertz CT molecular complexity index is 1160. The van der Waals surface area contributed by atoms with Crippen LogP contribution in [-0.4, -0.2) is 55.1 Å². The van der Waals surface area contributed by atoms with E-state index in [1.165, 1.54) is 0 Å². The molecule has 8 heteroatoms. The molecule has 2 fully saturated rings. The van der Waals surface area contributed by atoms with E-state index >= 15 is 0 Å². The van der Waals surface area contributed by atoms with Gasteiger partial charge in [0.25, 0.3) is 0 Å². The number of H-pyrrole nitrogens is 1. The fourth-order valence-corrected chi connectivity index (χ4v) is 3.91. The Kier molecular flexibility index (Phi) is 2.96. The van der Waals surface area contributed by atoms with Crippen molar-refractivity contribution in [3.8, 4) is 22.6 Å². The predicted octanol–water partition coefficient (Wildman–Crippen LogP) is 1.58. The summed E-state index contributed by atoms with van der Waals surface area (Å²) in [5, 5.41) is 16.3. The molecule has 6 heterocycles. The van der Waals surface area contributed by atoms with Gasteiger partial charge in [-0.05, 0) is 18.2 Å². The summed E-state index contributed by atoms with van der Waals surface area (Å²) < 4.78 is 1.78. The van der Waals surface area contributed by atoms with Gasteiger partial charge in [-0.3, -0.25) is 14.8 Å². The maximum Gasteiger partial charge on any atom is 0.129 e. The molecule has 0 amide bonds. The van der Waals surface area contributed by atoms with Crippen molar-refractivity contribution in [2.24, 2.45) is 7.05 Å². The Labute approximate surface area is 155 Å². The lowest BCUT2D eigenvalue weighted by atomic mass is 9.89. The molecule has 0 saturated carbocycles. The highest BCUT2D eigenvalue weighted by Gasteiger charge is 2.45. The van der Waals surface area contributed by atoms with Crippen LogP contribution in [0.2, 0.25) is 0 Å². The van der Waals surface area contributed by atoms with Crippen molar-refractivity contribution in [1.29, 1.82) is 0 Å². The molecule has 4 aromatic rings. The Hall–Kier alpha value is -3.26. The van der Waals surface area contributed by atoms with Crippen LogP contribution in [0.25, 0.3) is 33.5 Å². The fourth-order valence-electron chi connectivity index (χ4n) is 3.91. The Morgan fingerprint density at radius 2 is 2.15 bits per heavy atom. The number of nitrogens with one attached hydrogen (secondary N) is 2. The summed E-state index contributed by atoms with van der Waals surface area (Å²) in [4.78, 5) is 11.8. The molecular formula is C19H18N8. The second kappa shape index (κ2) is 5.37. The normalized spacial score (nSPS) is 21.0. The van der Waals surface area contributed by atoms with Crippen LogP contribution in [0.5, 0.6) is 0 Å². The molecule has 0 aromatic carbocycles. The number of pyridine rings is 2. The third kappa shape index (κ3) is 2.20. The largest absolute Gasteiger partial charge is 0.349 e. The van der Waals surface area contributed by atoms with E-state index in [0.717, 1.165) is 52.5 Å². The summed E-state index contributed by atoms with van der Waals surface area (Å²) in [5.41, 5.74) is 4.48. The third-order valence-electron chi connectivity index (χ3n) is 5.57. The van der Waals surface area contributed by atoms with Gasteiger partial charge in [-0.2, -0.15) is 10.2 Å². The van der Waals surface area contributed by atoms with Gasteiger partial charge in [0.1, 0.15) is 11.5 Å². The number of hydrogen-bond acceptors (Lipinski definition) is 6. The van der Waals surface area contributed by atoms with Crippen molar-refractivity contribution < 1.29 is 0 Å². The Balaban J connectivity index is 1.42. The van der Waals surface area contributed by atoms with Crippen LogP contribution >= 0.6 is 0 Å². The number of aromatic nitrogens is 6. The van der Waals surface area contributed by atoms with Gasteiger partial charge >= 0.3 is 0 Å². The monoisotopic (exact) mass is 358 g/mol. The van der Waals surface area contributed by atoms with Crippen molar-refractivity contribution in [2.75, 3.05) is 18.0 Å². The van der Waals surface area contributed by atoms with Crippen LogP contribution < -0.4 is 10.2 Å². The van der Waals surface area contributed by atoms with E-state index in [2.05, 4.69) is 48.7 Å². The smallest absolute Gasteiger partial charge is 0.129 e. The van der Waals surface area contributed by atoms with E-state index < -0.39 is 0 Å². The average Bonchev–Trinajstić information content (AvgIpc) is 3.29. The molecular weight excluding hydrogens is 340 g/mol. The lowest BCUT2D eigenvalue weighted by molar-refractivity contribution is 0.211. The molecule has 0 bridgehead atoms. The zero-order chi connectivity index (χ0) is 18.0. The molecule has 2 saturated heterocycles. The summed E-state index contributed by atoms with van der Waals surface area (Å²) in [7, 11) is 1.90. The van der Waals surface area contributed by atoms with Crippen LogP contribution in [0.15, 0.2) is 42.9 Å². The molecule has 134 valence electrons. The SMILES string of the molecule is Cn1cc(-c2cc3c(-c4cccc(N5CC6NCC65)n4)n[nH]c3cn2)cn1. The average molecular weight is 358 g/mol. The maximum absolute atomic E-state index is 4.89. The summed E-state index contributed by atoms with van der Waals surface area (Å²) in [6, 6.07) is 9.42. The van der Waals surface area contributed by atoms with Gasteiger partial charge in [-0.1, -0.05) is 6.07 Å². The minimum absolute atomic E-state index is 0.588. The second-order valence-corrected chi connectivity index (χ2v) is 7.21. The molecule has 0 spiro atoms. The highest BCUT2D eigenvalue weighted by molar-refractivity contribution is 5.93. The quantitative estimate of drug-likeness (QED) is 0.578. The van der Waals surface area contributed by atoms with E-state index in [0.29, 0.717) is 12.1 Å². The molecule has 27 heavy (non-hydrogen) atoms. The van der Waals surface area contributed by atoms with Crippen molar-refractivity contribution >= 4 is 16.7 Å². The van der Waals surface area contributed by atoms with E-state index in [1.54, 1.807) is 4.68 Å². The molecule has 2 unspecified atom stereocenters. The van der Waals surface area contributed by atoms with E-state index in [9.17, 15) is 0 Å². The standard InChI is InChI=1S/C19H18N8/c1-26-9-11(6-22-26)14-5-12-15(7-20-14)24-25-19(12)13-3-2-4-18(23-13)27-10-16-17(27)8-21-16/h2-7,9,16-17,21H,8,10H2,1H3,(H,24,25). The topological polar surface area (TPSA) is 87.5 Å². The molecule has 2 atom stereocenters. The molecule has 2 aliphatic rings. The van der Waals surface area contributed by atoms with E-state index in [1.807, 2.05) is 31.7 Å². The van der Waals surface area contributed by atoms with E-state index in [4.69, 9.17) is 4.98 Å². The van der Waals surface area contributed by atoms with Gasteiger partial charge in [-0.25, -0.2) is 4.98 Å². The minimum atomic E-state index is 0.588. The molecule has 6 rings (SSSR count). The van der Waals surface area contributed by atoms with Crippen molar-refractivity contribution in [2.45, 2.75) is 12.1 Å². The number of rotatable bonds is 3. The van der Waals surface area contributed by atoms with Crippen LogP contribution in [0.3, 0.4) is 0 Å². The van der Waals surface area contributed by atoms with Gasteiger partial charge < -0.3 is 10.2 Å². The van der Waals surface area contributed by atoms with E-state index in [-0.39, 0.29) is 0 Å².